The van der Waals surface area contributed by atoms with Gasteiger partial charge in [0.15, 0.2) is 0 Å². The van der Waals surface area contributed by atoms with Crippen molar-refractivity contribution >= 4 is 0 Å². The predicted octanol–water partition coefficient (Wildman–Crippen LogP) is 2.56. The highest BCUT2D eigenvalue weighted by molar-refractivity contribution is 4.92. The van der Waals surface area contributed by atoms with Crippen molar-refractivity contribution in [1.29, 1.82) is 0 Å². The monoisotopic (exact) mass is 254 g/mol. The highest BCUT2D eigenvalue weighted by Crippen LogP contribution is 2.22. The van der Waals surface area contributed by atoms with E-state index < -0.39 is 0 Å². The third kappa shape index (κ3) is 4.71. The van der Waals surface area contributed by atoms with E-state index in [9.17, 15) is 0 Å². The van der Waals surface area contributed by atoms with Crippen LogP contribution in [0.3, 0.4) is 0 Å². The average Bonchev–Trinajstić information content (AvgIpc) is 2.39. The lowest BCUT2D eigenvalue weighted by Crippen LogP contribution is -2.59. The van der Waals surface area contributed by atoms with E-state index in [2.05, 4.69) is 25.3 Å². The first-order valence-electron chi connectivity index (χ1n) is 7.28. The van der Waals surface area contributed by atoms with Gasteiger partial charge < -0.3 is 10.5 Å². The van der Waals surface area contributed by atoms with Crippen LogP contribution in [0.2, 0.25) is 0 Å². The SMILES string of the molecule is C=CCCCCCC(N)C(C)(C)N1CCOCC1. The average molecular weight is 254 g/mol. The van der Waals surface area contributed by atoms with Gasteiger partial charge in [0.25, 0.3) is 0 Å². The lowest BCUT2D eigenvalue weighted by Gasteiger charge is -2.44. The third-order valence-electron chi connectivity index (χ3n) is 4.16. The van der Waals surface area contributed by atoms with Crippen LogP contribution in [0, 0.1) is 0 Å². The van der Waals surface area contributed by atoms with Gasteiger partial charge in [0.1, 0.15) is 0 Å². The summed E-state index contributed by atoms with van der Waals surface area (Å²) in [4.78, 5) is 2.48. The Morgan fingerprint density at radius 1 is 1.28 bits per heavy atom. The molecule has 106 valence electrons. The Hall–Kier alpha value is -0.380. The molecule has 0 bridgehead atoms. The van der Waals surface area contributed by atoms with Crippen LogP contribution < -0.4 is 5.73 Å². The van der Waals surface area contributed by atoms with Gasteiger partial charge in [-0.2, -0.15) is 0 Å². The van der Waals surface area contributed by atoms with Crippen LogP contribution in [-0.2, 0) is 4.74 Å². The third-order valence-corrected chi connectivity index (χ3v) is 4.16. The zero-order chi connectivity index (χ0) is 13.4. The summed E-state index contributed by atoms with van der Waals surface area (Å²) in [6.45, 7) is 12.0. The molecule has 18 heavy (non-hydrogen) atoms. The molecule has 0 aromatic rings. The van der Waals surface area contributed by atoms with E-state index in [1.54, 1.807) is 0 Å². The number of morpholine rings is 1. The fourth-order valence-electron chi connectivity index (χ4n) is 2.56. The zero-order valence-corrected chi connectivity index (χ0v) is 12.2. The van der Waals surface area contributed by atoms with Crippen molar-refractivity contribution in [3.63, 3.8) is 0 Å². The molecule has 0 spiro atoms. The fourth-order valence-corrected chi connectivity index (χ4v) is 2.56. The Balaban J connectivity index is 2.28. The molecule has 1 aliphatic heterocycles. The molecule has 2 N–H and O–H groups in total. The van der Waals surface area contributed by atoms with Crippen LogP contribution >= 0.6 is 0 Å². The first kappa shape index (κ1) is 15.7. The zero-order valence-electron chi connectivity index (χ0n) is 12.2. The van der Waals surface area contributed by atoms with E-state index in [1.807, 2.05) is 6.08 Å². The van der Waals surface area contributed by atoms with Crippen molar-refractivity contribution in [2.75, 3.05) is 26.3 Å². The van der Waals surface area contributed by atoms with Crippen LogP contribution in [0.25, 0.3) is 0 Å². The molecule has 0 aromatic carbocycles. The standard InChI is InChI=1S/C15H30N2O/c1-4-5-6-7-8-9-14(16)15(2,3)17-10-12-18-13-11-17/h4,14H,1,5-13,16H2,2-3H3. The minimum Gasteiger partial charge on any atom is -0.379 e. The highest BCUT2D eigenvalue weighted by Gasteiger charge is 2.33. The van der Waals surface area contributed by atoms with Crippen LogP contribution in [-0.4, -0.2) is 42.8 Å². The summed E-state index contributed by atoms with van der Waals surface area (Å²) in [6, 6.07) is 0.249. The number of rotatable bonds is 8. The van der Waals surface area contributed by atoms with E-state index in [4.69, 9.17) is 10.5 Å². The maximum atomic E-state index is 6.39. The molecule has 1 heterocycles. The van der Waals surface area contributed by atoms with Crippen LogP contribution in [0.1, 0.15) is 46.0 Å². The van der Waals surface area contributed by atoms with Crippen molar-refractivity contribution in [3.05, 3.63) is 12.7 Å². The first-order valence-corrected chi connectivity index (χ1v) is 7.28. The molecule has 1 atom stereocenters. The molecule has 0 aliphatic carbocycles. The summed E-state index contributed by atoms with van der Waals surface area (Å²) in [5.74, 6) is 0. The number of unbranched alkanes of at least 4 members (excludes halogenated alkanes) is 3. The number of nitrogens with zero attached hydrogens (tertiary/aromatic N) is 1. The van der Waals surface area contributed by atoms with Crippen LogP contribution in [0.5, 0.6) is 0 Å². The quantitative estimate of drug-likeness (QED) is 0.534. The summed E-state index contributed by atoms with van der Waals surface area (Å²) in [7, 11) is 0. The highest BCUT2D eigenvalue weighted by atomic mass is 16.5. The van der Waals surface area contributed by atoms with Gasteiger partial charge >= 0.3 is 0 Å². The summed E-state index contributed by atoms with van der Waals surface area (Å²) in [6.07, 6.45) is 7.97. The maximum Gasteiger partial charge on any atom is 0.0594 e. The molecule has 3 nitrogen and oxygen atoms in total. The predicted molar refractivity (Wildman–Crippen MR) is 77.7 cm³/mol. The van der Waals surface area contributed by atoms with E-state index in [1.165, 1.54) is 19.3 Å². The molecule has 1 saturated heterocycles. The molecule has 0 saturated carbocycles. The second-order valence-corrected chi connectivity index (χ2v) is 5.79. The Bertz CT molecular complexity index is 235. The van der Waals surface area contributed by atoms with Crippen LogP contribution in [0.4, 0.5) is 0 Å². The molecule has 0 amide bonds. The Morgan fingerprint density at radius 2 is 1.94 bits per heavy atom. The van der Waals surface area contributed by atoms with Gasteiger partial charge in [-0.05, 0) is 33.1 Å². The van der Waals surface area contributed by atoms with Gasteiger partial charge in [-0.15, -0.1) is 6.58 Å². The lowest BCUT2D eigenvalue weighted by molar-refractivity contribution is -0.0197. The minimum atomic E-state index is 0.0855. The topological polar surface area (TPSA) is 38.5 Å². The smallest absolute Gasteiger partial charge is 0.0594 e. The molecule has 1 fully saturated rings. The molecule has 0 aromatic heterocycles. The molecule has 3 heteroatoms. The maximum absolute atomic E-state index is 6.39. The summed E-state index contributed by atoms with van der Waals surface area (Å²) in [5, 5.41) is 0. The molecule has 0 radical (unpaired) electrons. The second kappa shape index (κ2) is 7.93. The largest absolute Gasteiger partial charge is 0.379 e. The number of nitrogens with two attached hydrogens (primary N) is 1. The van der Waals surface area contributed by atoms with E-state index in [0.717, 1.165) is 39.1 Å². The molecular formula is C15H30N2O. The number of ether oxygens (including phenoxy) is 1. The molecule has 1 aliphatic rings. The summed E-state index contributed by atoms with van der Waals surface area (Å²) < 4.78 is 5.41. The molecule has 1 rings (SSSR count). The van der Waals surface area contributed by atoms with Crippen molar-refractivity contribution < 1.29 is 4.74 Å². The Kier molecular flexibility index (Phi) is 6.90. The minimum absolute atomic E-state index is 0.0855. The summed E-state index contributed by atoms with van der Waals surface area (Å²) >= 11 is 0. The van der Waals surface area contributed by atoms with Gasteiger partial charge in [0.05, 0.1) is 13.2 Å². The van der Waals surface area contributed by atoms with Crippen molar-refractivity contribution in [3.8, 4) is 0 Å². The van der Waals surface area contributed by atoms with Crippen molar-refractivity contribution in [2.45, 2.75) is 57.5 Å². The van der Waals surface area contributed by atoms with Gasteiger partial charge in [0.2, 0.25) is 0 Å². The number of hydrogen-bond donors (Lipinski definition) is 1. The normalized spacial score (nSPS) is 19.7. The van der Waals surface area contributed by atoms with E-state index in [0.29, 0.717) is 0 Å². The number of hydrogen-bond acceptors (Lipinski definition) is 3. The van der Waals surface area contributed by atoms with Gasteiger partial charge in [-0.1, -0.05) is 18.9 Å². The Labute approximate surface area is 112 Å². The summed E-state index contributed by atoms with van der Waals surface area (Å²) in [5.41, 5.74) is 6.48. The van der Waals surface area contributed by atoms with Gasteiger partial charge in [-0.25, -0.2) is 0 Å². The van der Waals surface area contributed by atoms with Crippen molar-refractivity contribution in [1.82, 2.24) is 4.90 Å². The van der Waals surface area contributed by atoms with Gasteiger partial charge in [-0.3, -0.25) is 4.90 Å². The van der Waals surface area contributed by atoms with E-state index in [-0.39, 0.29) is 11.6 Å². The Morgan fingerprint density at radius 3 is 2.56 bits per heavy atom. The second-order valence-electron chi connectivity index (χ2n) is 5.79. The lowest BCUT2D eigenvalue weighted by atomic mass is 9.88. The van der Waals surface area contributed by atoms with Crippen LogP contribution in [0.15, 0.2) is 12.7 Å². The molecular weight excluding hydrogens is 224 g/mol. The van der Waals surface area contributed by atoms with Gasteiger partial charge in [0, 0.05) is 24.7 Å². The fraction of sp³-hybridized carbons (Fsp3) is 0.867. The first-order chi connectivity index (χ1) is 8.59. The number of allylic oxidation sites excluding steroid dienone is 1. The molecule has 1 unspecified atom stereocenters. The van der Waals surface area contributed by atoms with E-state index >= 15 is 0 Å². The van der Waals surface area contributed by atoms with Crippen molar-refractivity contribution in [2.24, 2.45) is 5.73 Å².